The first-order valence-corrected chi connectivity index (χ1v) is 7.84. The number of carbonyl (C=O) groups excluding carboxylic acids is 1. The van der Waals surface area contributed by atoms with E-state index in [1.54, 1.807) is 6.07 Å². The highest BCUT2D eigenvalue weighted by atomic mass is 79.9. The first-order valence-electron chi connectivity index (χ1n) is 5.44. The molecule has 1 saturated heterocycles. The molecule has 0 aromatic heterocycles. The maximum Gasteiger partial charge on any atom is 0.323 e. The number of carboxylic acid groups (broad SMARTS) is 1. The molecule has 0 atom stereocenters. The van der Waals surface area contributed by atoms with Crippen LogP contribution in [0.25, 0.3) is 6.08 Å². The summed E-state index contributed by atoms with van der Waals surface area (Å²) in [6.45, 7) is -0.493. The highest BCUT2D eigenvalue weighted by Gasteiger charge is 2.33. The molecular weight excluding hydrogens is 402 g/mol. The molecule has 1 amide bonds. The van der Waals surface area contributed by atoms with Gasteiger partial charge in [0, 0.05) is 10.0 Å². The zero-order valence-electron chi connectivity index (χ0n) is 10.2. The molecule has 0 unspecified atom stereocenters. The van der Waals surface area contributed by atoms with Crippen LogP contribution in [0.2, 0.25) is 5.02 Å². The molecule has 1 aromatic carbocycles. The number of aromatic hydroxyl groups is 1. The van der Waals surface area contributed by atoms with E-state index in [-0.39, 0.29) is 20.0 Å². The molecule has 0 spiro atoms. The van der Waals surface area contributed by atoms with Crippen LogP contribution in [-0.2, 0) is 9.59 Å². The second-order valence-corrected chi connectivity index (χ2v) is 6.99. The Hall–Kier alpha value is -1.09. The predicted octanol–water partition coefficient (Wildman–Crippen LogP) is 3.09. The summed E-state index contributed by atoms with van der Waals surface area (Å²) in [4.78, 5) is 24.0. The van der Waals surface area contributed by atoms with Gasteiger partial charge in [-0.05, 0) is 18.2 Å². The average molecular weight is 409 g/mol. The van der Waals surface area contributed by atoms with Crippen LogP contribution in [0.15, 0.2) is 21.5 Å². The lowest BCUT2D eigenvalue weighted by Gasteiger charge is -2.10. The number of halogens is 2. The van der Waals surface area contributed by atoms with Gasteiger partial charge in [-0.1, -0.05) is 51.5 Å². The minimum Gasteiger partial charge on any atom is -0.506 e. The van der Waals surface area contributed by atoms with Gasteiger partial charge in [-0.15, -0.1) is 0 Å². The van der Waals surface area contributed by atoms with Crippen LogP contribution in [0.3, 0.4) is 0 Å². The Morgan fingerprint density at radius 2 is 2.19 bits per heavy atom. The zero-order chi connectivity index (χ0) is 15.7. The number of thioether (sulfide) groups is 1. The molecule has 0 radical (unpaired) electrons. The van der Waals surface area contributed by atoms with Crippen LogP contribution in [-0.4, -0.2) is 37.9 Å². The number of hydrogen-bond acceptors (Lipinski definition) is 5. The molecule has 110 valence electrons. The molecule has 0 saturated carbocycles. The van der Waals surface area contributed by atoms with Crippen molar-refractivity contribution in [3.63, 3.8) is 0 Å². The maximum atomic E-state index is 12.1. The van der Waals surface area contributed by atoms with Crippen molar-refractivity contribution < 1.29 is 19.8 Å². The number of phenols is 1. The molecule has 1 aromatic rings. The molecule has 1 aliphatic rings. The molecule has 9 heteroatoms. The monoisotopic (exact) mass is 407 g/mol. The topological polar surface area (TPSA) is 77.8 Å². The van der Waals surface area contributed by atoms with Crippen molar-refractivity contribution >= 4 is 73.8 Å². The van der Waals surface area contributed by atoms with E-state index in [1.807, 2.05) is 0 Å². The summed E-state index contributed by atoms with van der Waals surface area (Å²) < 4.78 is 0.798. The summed E-state index contributed by atoms with van der Waals surface area (Å²) in [7, 11) is 0. The Balaban J connectivity index is 2.37. The Morgan fingerprint density at radius 1 is 1.52 bits per heavy atom. The van der Waals surface area contributed by atoms with E-state index in [0.29, 0.717) is 10.0 Å². The van der Waals surface area contributed by atoms with Gasteiger partial charge in [0.1, 0.15) is 16.6 Å². The summed E-state index contributed by atoms with van der Waals surface area (Å²) in [5.74, 6) is -1.83. The van der Waals surface area contributed by atoms with E-state index in [0.717, 1.165) is 16.7 Å². The molecule has 0 aliphatic carbocycles. The van der Waals surface area contributed by atoms with Crippen LogP contribution >= 0.6 is 51.5 Å². The first-order chi connectivity index (χ1) is 9.79. The summed E-state index contributed by atoms with van der Waals surface area (Å²) >= 11 is 15.0. The number of carbonyl (C=O) groups is 2. The fourth-order valence-electron chi connectivity index (χ4n) is 1.61. The third-order valence-corrected chi connectivity index (χ3v) is 4.63. The van der Waals surface area contributed by atoms with Crippen molar-refractivity contribution in [1.82, 2.24) is 4.90 Å². The standard InChI is InChI=1S/C12H7BrClNO4S2/c13-6-1-5(10(18)7(14)3-6)2-8-11(19)15(4-9(16)17)12(20)21-8/h1-3,18H,4H2,(H,16,17). The van der Waals surface area contributed by atoms with Crippen LogP contribution in [0, 0.1) is 0 Å². The fraction of sp³-hybridized carbons (Fsp3) is 0.0833. The van der Waals surface area contributed by atoms with Gasteiger partial charge >= 0.3 is 5.97 Å². The number of rotatable bonds is 3. The van der Waals surface area contributed by atoms with Crippen molar-refractivity contribution in [3.05, 3.63) is 32.1 Å². The minimum absolute atomic E-state index is 0.136. The van der Waals surface area contributed by atoms with E-state index >= 15 is 0 Å². The molecule has 2 N–H and O–H groups in total. The zero-order valence-corrected chi connectivity index (χ0v) is 14.1. The van der Waals surface area contributed by atoms with Crippen molar-refractivity contribution in [2.45, 2.75) is 0 Å². The number of amides is 1. The summed E-state index contributed by atoms with van der Waals surface area (Å²) in [6, 6.07) is 3.11. The largest absolute Gasteiger partial charge is 0.506 e. The van der Waals surface area contributed by atoms with Gasteiger partial charge in [-0.3, -0.25) is 14.5 Å². The SMILES string of the molecule is O=C(O)CN1C(=O)C(=Cc2cc(Br)cc(Cl)c2O)SC1=S. The number of aliphatic carboxylic acids is 1. The van der Waals surface area contributed by atoms with Crippen LogP contribution < -0.4 is 0 Å². The van der Waals surface area contributed by atoms with Crippen molar-refractivity contribution in [2.24, 2.45) is 0 Å². The second-order valence-electron chi connectivity index (χ2n) is 3.99. The number of phenolic OH excluding ortho intramolecular Hbond substituents is 1. The van der Waals surface area contributed by atoms with Gasteiger partial charge < -0.3 is 10.2 Å². The number of benzene rings is 1. The van der Waals surface area contributed by atoms with E-state index < -0.39 is 18.4 Å². The first kappa shape index (κ1) is 16.3. The van der Waals surface area contributed by atoms with Gasteiger partial charge in [-0.2, -0.15) is 0 Å². The fourth-order valence-corrected chi connectivity index (χ4v) is 3.69. The van der Waals surface area contributed by atoms with Crippen LogP contribution in [0.5, 0.6) is 5.75 Å². The van der Waals surface area contributed by atoms with Gasteiger partial charge in [0.05, 0.1) is 9.93 Å². The van der Waals surface area contributed by atoms with E-state index in [1.165, 1.54) is 12.1 Å². The average Bonchev–Trinajstić information content (AvgIpc) is 2.63. The maximum absolute atomic E-state index is 12.1. The lowest BCUT2D eigenvalue weighted by molar-refractivity contribution is -0.140. The highest BCUT2D eigenvalue weighted by molar-refractivity contribution is 9.10. The molecule has 5 nitrogen and oxygen atoms in total. The second kappa shape index (κ2) is 6.35. The smallest absolute Gasteiger partial charge is 0.323 e. The molecule has 1 heterocycles. The lowest BCUT2D eigenvalue weighted by atomic mass is 10.2. The molecule has 2 rings (SSSR count). The number of hydrogen-bond donors (Lipinski definition) is 2. The Morgan fingerprint density at radius 3 is 2.81 bits per heavy atom. The Labute approximate surface area is 142 Å². The Bertz CT molecular complexity index is 692. The third kappa shape index (κ3) is 3.57. The summed E-state index contributed by atoms with van der Waals surface area (Å²) in [5.41, 5.74) is 0.338. The van der Waals surface area contributed by atoms with E-state index in [2.05, 4.69) is 15.9 Å². The van der Waals surface area contributed by atoms with E-state index in [9.17, 15) is 14.7 Å². The molecule has 1 aliphatic heterocycles. The molecule has 0 bridgehead atoms. The van der Waals surface area contributed by atoms with Gasteiger partial charge in [0.25, 0.3) is 5.91 Å². The third-order valence-electron chi connectivity index (χ3n) is 2.51. The quantitative estimate of drug-likeness (QED) is 0.591. The van der Waals surface area contributed by atoms with Gasteiger partial charge in [-0.25, -0.2) is 0 Å². The number of carboxylic acids is 1. The van der Waals surface area contributed by atoms with E-state index in [4.69, 9.17) is 28.9 Å². The number of thiocarbonyl (C=S) groups is 1. The summed E-state index contributed by atoms with van der Waals surface area (Å²) in [5, 5.41) is 18.8. The van der Waals surface area contributed by atoms with Gasteiger partial charge in [0.15, 0.2) is 0 Å². The molecule has 21 heavy (non-hydrogen) atoms. The van der Waals surface area contributed by atoms with Crippen molar-refractivity contribution in [3.8, 4) is 5.75 Å². The van der Waals surface area contributed by atoms with Crippen molar-refractivity contribution in [1.29, 1.82) is 0 Å². The molecule has 1 fully saturated rings. The highest BCUT2D eigenvalue weighted by Crippen LogP contribution is 2.37. The normalized spacial score (nSPS) is 16.9. The van der Waals surface area contributed by atoms with Crippen LogP contribution in [0.1, 0.15) is 5.56 Å². The summed E-state index contributed by atoms with van der Waals surface area (Å²) in [6.07, 6.45) is 1.42. The van der Waals surface area contributed by atoms with Crippen LogP contribution in [0.4, 0.5) is 0 Å². The lowest BCUT2D eigenvalue weighted by Crippen LogP contribution is -2.33. The molecular formula is C12H7BrClNO4S2. The minimum atomic E-state index is -1.15. The van der Waals surface area contributed by atoms with Gasteiger partial charge in [0.2, 0.25) is 0 Å². The predicted molar refractivity (Wildman–Crippen MR) is 88.3 cm³/mol. The van der Waals surface area contributed by atoms with Crippen molar-refractivity contribution in [2.75, 3.05) is 6.54 Å². The Kier molecular flexibility index (Phi) is 4.92. The number of nitrogens with zero attached hydrogens (tertiary/aromatic N) is 1.